The molecule has 6 nitrogen and oxygen atoms in total. The quantitative estimate of drug-likeness (QED) is 0.888. The molecule has 0 radical (unpaired) electrons. The first kappa shape index (κ1) is 15.5. The lowest BCUT2D eigenvalue weighted by Crippen LogP contribution is -2.43. The van der Waals surface area contributed by atoms with Gasteiger partial charge in [-0.05, 0) is 43.4 Å². The van der Waals surface area contributed by atoms with Crippen molar-refractivity contribution in [1.82, 2.24) is 14.7 Å². The third kappa shape index (κ3) is 2.93. The van der Waals surface area contributed by atoms with Crippen molar-refractivity contribution in [3.05, 3.63) is 39.8 Å². The number of rotatable bonds is 2. The summed E-state index contributed by atoms with van der Waals surface area (Å²) in [7, 11) is 0. The van der Waals surface area contributed by atoms with Crippen LogP contribution in [0.2, 0.25) is 0 Å². The van der Waals surface area contributed by atoms with Crippen LogP contribution in [0.5, 0.6) is 5.88 Å². The number of pyridine rings is 1. The second-order valence-electron chi connectivity index (χ2n) is 6.39. The van der Waals surface area contributed by atoms with E-state index in [4.69, 9.17) is 0 Å². The summed E-state index contributed by atoms with van der Waals surface area (Å²) >= 11 is 0. The van der Waals surface area contributed by atoms with Crippen LogP contribution in [-0.2, 0) is 0 Å². The van der Waals surface area contributed by atoms with Gasteiger partial charge < -0.3 is 10.4 Å². The number of hydrogen-bond acceptors (Lipinski definition) is 4. The van der Waals surface area contributed by atoms with E-state index in [0.717, 1.165) is 24.8 Å². The van der Waals surface area contributed by atoms with Gasteiger partial charge in [-0.15, -0.1) is 0 Å². The van der Waals surface area contributed by atoms with Gasteiger partial charge in [-0.25, -0.2) is 0 Å². The normalized spacial score (nSPS) is 21.3. The lowest BCUT2D eigenvalue weighted by atomic mass is 9.86. The molecule has 2 N–H and O–H groups in total. The molecule has 1 aliphatic carbocycles. The van der Waals surface area contributed by atoms with Gasteiger partial charge in [-0.2, -0.15) is 4.98 Å². The van der Waals surface area contributed by atoms with E-state index in [-0.39, 0.29) is 11.6 Å². The van der Waals surface area contributed by atoms with Gasteiger partial charge in [-0.3, -0.25) is 14.0 Å². The van der Waals surface area contributed by atoms with Crippen molar-refractivity contribution in [1.29, 1.82) is 0 Å². The highest BCUT2D eigenvalue weighted by atomic mass is 16.3. The van der Waals surface area contributed by atoms with Crippen LogP contribution in [0.25, 0.3) is 5.65 Å². The summed E-state index contributed by atoms with van der Waals surface area (Å²) in [6.45, 7) is 3.96. The van der Waals surface area contributed by atoms with Gasteiger partial charge in [0, 0.05) is 12.2 Å². The Morgan fingerprint density at radius 3 is 2.87 bits per heavy atom. The first-order valence-corrected chi connectivity index (χ1v) is 8.00. The Balaban J connectivity index is 1.97. The Kier molecular flexibility index (Phi) is 4.07. The Morgan fingerprint density at radius 2 is 2.13 bits per heavy atom. The Labute approximate surface area is 134 Å². The maximum atomic E-state index is 12.5. The first-order chi connectivity index (χ1) is 11.0. The molecular weight excluding hydrogens is 294 g/mol. The number of amides is 1. The van der Waals surface area contributed by atoms with E-state index in [1.807, 2.05) is 6.92 Å². The molecule has 3 rings (SSSR count). The average Bonchev–Trinajstić information content (AvgIpc) is 2.49. The van der Waals surface area contributed by atoms with E-state index in [0.29, 0.717) is 11.6 Å². The highest BCUT2D eigenvalue weighted by Gasteiger charge is 2.26. The minimum absolute atomic E-state index is 0.0359. The van der Waals surface area contributed by atoms with Crippen molar-refractivity contribution in [2.24, 2.45) is 5.92 Å². The molecule has 2 atom stereocenters. The van der Waals surface area contributed by atoms with Crippen molar-refractivity contribution < 1.29 is 9.90 Å². The van der Waals surface area contributed by atoms with Crippen molar-refractivity contribution in [2.75, 3.05) is 0 Å². The number of nitrogens with zero attached hydrogens (tertiary/aromatic N) is 2. The van der Waals surface area contributed by atoms with Gasteiger partial charge >= 0.3 is 0 Å². The SMILES string of the molecule is Cc1ccn2c(=O)c(C(=O)N[C@@H]3CCCC[C@H]3C)c(O)nc2c1. The topological polar surface area (TPSA) is 83.7 Å². The van der Waals surface area contributed by atoms with Crippen LogP contribution in [0, 0.1) is 12.8 Å². The van der Waals surface area contributed by atoms with Gasteiger partial charge in [0.05, 0.1) is 0 Å². The maximum absolute atomic E-state index is 12.5. The smallest absolute Gasteiger partial charge is 0.274 e. The molecule has 23 heavy (non-hydrogen) atoms. The molecule has 2 heterocycles. The molecule has 2 aromatic heterocycles. The summed E-state index contributed by atoms with van der Waals surface area (Å²) in [5.41, 5.74) is 0.414. The maximum Gasteiger partial charge on any atom is 0.274 e. The third-order valence-corrected chi connectivity index (χ3v) is 4.62. The molecule has 1 aliphatic rings. The van der Waals surface area contributed by atoms with Crippen LogP contribution >= 0.6 is 0 Å². The minimum Gasteiger partial charge on any atom is -0.493 e. The van der Waals surface area contributed by atoms with E-state index >= 15 is 0 Å². The zero-order chi connectivity index (χ0) is 16.6. The molecule has 0 saturated heterocycles. The predicted octanol–water partition coefficient (Wildman–Crippen LogP) is 2.02. The largest absolute Gasteiger partial charge is 0.493 e. The van der Waals surface area contributed by atoms with Crippen molar-refractivity contribution in [3.63, 3.8) is 0 Å². The molecular formula is C17H21N3O3. The van der Waals surface area contributed by atoms with E-state index < -0.39 is 17.3 Å². The summed E-state index contributed by atoms with van der Waals surface area (Å²) in [6.07, 6.45) is 5.76. The molecule has 0 aliphatic heterocycles. The summed E-state index contributed by atoms with van der Waals surface area (Å²) < 4.78 is 1.28. The number of aromatic nitrogens is 2. The second kappa shape index (κ2) is 6.02. The molecule has 0 spiro atoms. The highest BCUT2D eigenvalue weighted by Crippen LogP contribution is 2.24. The van der Waals surface area contributed by atoms with E-state index in [9.17, 15) is 14.7 Å². The van der Waals surface area contributed by atoms with Gasteiger partial charge in [-0.1, -0.05) is 19.8 Å². The van der Waals surface area contributed by atoms with Crippen LogP contribution < -0.4 is 10.9 Å². The molecule has 2 aromatic rings. The number of hydrogen-bond donors (Lipinski definition) is 2. The van der Waals surface area contributed by atoms with Crippen molar-refractivity contribution in [3.8, 4) is 5.88 Å². The zero-order valence-electron chi connectivity index (χ0n) is 13.4. The number of aromatic hydroxyl groups is 1. The third-order valence-electron chi connectivity index (χ3n) is 4.62. The standard InChI is InChI=1S/C17H21N3O3/c1-10-7-8-20-13(9-10)19-16(22)14(17(20)23)15(21)18-12-6-4-3-5-11(12)2/h7-9,11-12,22H,3-6H2,1-2H3,(H,18,21)/t11-,12-/m1/s1. The van der Waals surface area contributed by atoms with Crippen LogP contribution in [0.1, 0.15) is 48.5 Å². The van der Waals surface area contributed by atoms with Crippen LogP contribution in [0.4, 0.5) is 0 Å². The molecule has 1 saturated carbocycles. The minimum atomic E-state index is -0.548. The molecule has 0 aromatic carbocycles. The number of carbonyl (C=O) groups is 1. The fourth-order valence-electron chi connectivity index (χ4n) is 3.20. The molecule has 6 heteroatoms. The van der Waals surface area contributed by atoms with E-state index in [1.54, 1.807) is 18.3 Å². The second-order valence-corrected chi connectivity index (χ2v) is 6.39. The molecule has 0 unspecified atom stereocenters. The lowest BCUT2D eigenvalue weighted by Gasteiger charge is -2.29. The van der Waals surface area contributed by atoms with Gasteiger partial charge in [0.2, 0.25) is 5.88 Å². The number of nitrogens with one attached hydrogen (secondary N) is 1. The van der Waals surface area contributed by atoms with Gasteiger partial charge in [0.25, 0.3) is 11.5 Å². The van der Waals surface area contributed by atoms with Gasteiger partial charge in [0.15, 0.2) is 5.56 Å². The first-order valence-electron chi connectivity index (χ1n) is 8.00. The van der Waals surface area contributed by atoms with Gasteiger partial charge in [0.1, 0.15) is 5.65 Å². The molecule has 0 bridgehead atoms. The monoisotopic (exact) mass is 315 g/mol. The van der Waals surface area contributed by atoms with E-state index in [2.05, 4.69) is 17.2 Å². The van der Waals surface area contributed by atoms with Crippen LogP contribution in [-0.4, -0.2) is 26.4 Å². The van der Waals surface area contributed by atoms with E-state index in [1.165, 1.54) is 10.8 Å². The van der Waals surface area contributed by atoms with Crippen molar-refractivity contribution in [2.45, 2.75) is 45.6 Å². The average molecular weight is 315 g/mol. The number of fused-ring (bicyclic) bond motifs is 1. The summed E-state index contributed by atoms with van der Waals surface area (Å²) in [6, 6.07) is 3.48. The number of carbonyl (C=O) groups excluding carboxylic acids is 1. The fraction of sp³-hybridized carbons (Fsp3) is 0.471. The summed E-state index contributed by atoms with van der Waals surface area (Å²) in [5.74, 6) is -0.691. The Bertz CT molecular complexity index is 813. The molecule has 1 fully saturated rings. The predicted molar refractivity (Wildman–Crippen MR) is 86.8 cm³/mol. The zero-order valence-corrected chi connectivity index (χ0v) is 13.4. The van der Waals surface area contributed by atoms with Crippen molar-refractivity contribution >= 4 is 11.6 Å². The molecule has 122 valence electrons. The molecule has 1 amide bonds. The van der Waals surface area contributed by atoms with Crippen LogP contribution in [0.3, 0.4) is 0 Å². The number of aryl methyl sites for hydroxylation is 1. The fourth-order valence-corrected chi connectivity index (χ4v) is 3.20. The summed E-state index contributed by atoms with van der Waals surface area (Å²) in [5, 5.41) is 13.0. The Hall–Kier alpha value is -2.37. The van der Waals surface area contributed by atoms with Crippen LogP contribution in [0.15, 0.2) is 23.1 Å². The highest BCUT2D eigenvalue weighted by molar-refractivity contribution is 5.96. The lowest BCUT2D eigenvalue weighted by molar-refractivity contribution is 0.0905. The summed E-state index contributed by atoms with van der Waals surface area (Å²) in [4.78, 5) is 29.0. The Morgan fingerprint density at radius 1 is 1.39 bits per heavy atom.